The fourth-order valence-corrected chi connectivity index (χ4v) is 4.89. The monoisotopic (exact) mass is 338 g/mol. The molecule has 0 atom stereocenters. The van der Waals surface area contributed by atoms with Crippen molar-refractivity contribution in [2.75, 3.05) is 53.4 Å². The van der Waals surface area contributed by atoms with E-state index in [1.165, 1.54) is 10.5 Å². The molecule has 1 aromatic rings. The number of rotatable bonds is 5. The summed E-state index contributed by atoms with van der Waals surface area (Å²) in [5.74, 6) is 0. The topological polar surface area (TPSA) is 56.8 Å². The van der Waals surface area contributed by atoms with E-state index in [1.807, 2.05) is 14.1 Å². The standard InChI is InChI=1S/C11H19ClN4O2S2/c1-14(2)3-4-15-5-7-16(8-6-15)20(17,18)10-9-13-11(12)19-10/h9H,3-8H2,1-2H3. The van der Waals surface area contributed by atoms with Crippen LogP contribution in [0.3, 0.4) is 0 Å². The van der Waals surface area contributed by atoms with Gasteiger partial charge in [0.25, 0.3) is 10.0 Å². The van der Waals surface area contributed by atoms with Gasteiger partial charge in [-0.05, 0) is 14.1 Å². The van der Waals surface area contributed by atoms with Crippen LogP contribution in [0.2, 0.25) is 4.47 Å². The fraction of sp³-hybridized carbons (Fsp3) is 0.727. The molecule has 114 valence electrons. The molecule has 6 nitrogen and oxygen atoms in total. The van der Waals surface area contributed by atoms with Crippen molar-refractivity contribution >= 4 is 33.0 Å². The van der Waals surface area contributed by atoms with E-state index in [0.29, 0.717) is 13.1 Å². The highest BCUT2D eigenvalue weighted by Gasteiger charge is 2.29. The first-order valence-electron chi connectivity index (χ1n) is 6.38. The van der Waals surface area contributed by atoms with Gasteiger partial charge < -0.3 is 4.90 Å². The molecule has 0 unspecified atom stereocenters. The van der Waals surface area contributed by atoms with Gasteiger partial charge in [-0.2, -0.15) is 4.31 Å². The average Bonchev–Trinajstić information content (AvgIpc) is 2.84. The highest BCUT2D eigenvalue weighted by Crippen LogP contribution is 2.26. The zero-order valence-electron chi connectivity index (χ0n) is 11.6. The van der Waals surface area contributed by atoms with E-state index >= 15 is 0 Å². The van der Waals surface area contributed by atoms with Crippen LogP contribution in [0.1, 0.15) is 0 Å². The number of nitrogens with zero attached hydrogens (tertiary/aromatic N) is 4. The molecule has 0 spiro atoms. The molecule has 0 aromatic carbocycles. The summed E-state index contributed by atoms with van der Waals surface area (Å²) in [6, 6.07) is 0. The van der Waals surface area contributed by atoms with E-state index in [1.54, 1.807) is 0 Å². The number of piperazine rings is 1. The van der Waals surface area contributed by atoms with Gasteiger partial charge in [-0.3, -0.25) is 4.90 Å². The van der Waals surface area contributed by atoms with E-state index < -0.39 is 10.0 Å². The molecule has 2 heterocycles. The quantitative estimate of drug-likeness (QED) is 0.789. The van der Waals surface area contributed by atoms with Gasteiger partial charge in [0.15, 0.2) is 8.68 Å². The molecule has 1 saturated heterocycles. The van der Waals surface area contributed by atoms with E-state index in [2.05, 4.69) is 14.8 Å². The van der Waals surface area contributed by atoms with Gasteiger partial charge in [0.2, 0.25) is 0 Å². The molecular weight excluding hydrogens is 320 g/mol. The van der Waals surface area contributed by atoms with Crippen LogP contribution in [-0.2, 0) is 10.0 Å². The SMILES string of the molecule is CN(C)CCN1CCN(S(=O)(=O)c2cnc(Cl)s2)CC1. The summed E-state index contributed by atoms with van der Waals surface area (Å²) in [6.45, 7) is 4.51. The van der Waals surface area contributed by atoms with Gasteiger partial charge >= 0.3 is 0 Å². The van der Waals surface area contributed by atoms with E-state index in [-0.39, 0.29) is 8.68 Å². The second kappa shape index (κ2) is 6.67. The molecule has 2 rings (SSSR count). The minimum atomic E-state index is -3.43. The average molecular weight is 339 g/mol. The van der Waals surface area contributed by atoms with Crippen molar-refractivity contribution in [2.24, 2.45) is 0 Å². The minimum Gasteiger partial charge on any atom is -0.308 e. The van der Waals surface area contributed by atoms with Crippen LogP contribution in [-0.4, -0.2) is 80.9 Å². The number of hydrogen-bond acceptors (Lipinski definition) is 6. The predicted octanol–water partition coefficient (Wildman–Crippen LogP) is 0.664. The maximum Gasteiger partial charge on any atom is 0.254 e. The Morgan fingerprint density at radius 1 is 1.35 bits per heavy atom. The maximum absolute atomic E-state index is 12.4. The lowest BCUT2D eigenvalue weighted by atomic mass is 10.3. The summed E-state index contributed by atoms with van der Waals surface area (Å²) in [6.07, 6.45) is 1.33. The first kappa shape index (κ1) is 16.1. The smallest absolute Gasteiger partial charge is 0.254 e. The van der Waals surface area contributed by atoms with Crippen molar-refractivity contribution in [3.63, 3.8) is 0 Å². The summed E-state index contributed by atoms with van der Waals surface area (Å²) in [5.41, 5.74) is 0. The van der Waals surface area contributed by atoms with Crippen molar-refractivity contribution in [2.45, 2.75) is 4.21 Å². The Kier molecular flexibility index (Phi) is 5.38. The van der Waals surface area contributed by atoms with Crippen molar-refractivity contribution in [1.29, 1.82) is 0 Å². The molecule has 0 aliphatic carbocycles. The number of likely N-dealkylation sites (N-methyl/N-ethyl adjacent to an activating group) is 1. The maximum atomic E-state index is 12.4. The molecule has 9 heteroatoms. The van der Waals surface area contributed by atoms with Crippen LogP contribution in [0.25, 0.3) is 0 Å². The van der Waals surface area contributed by atoms with Crippen LogP contribution >= 0.6 is 22.9 Å². The van der Waals surface area contributed by atoms with Crippen LogP contribution in [0.15, 0.2) is 10.4 Å². The van der Waals surface area contributed by atoms with Gasteiger partial charge in [0.1, 0.15) is 0 Å². The molecule has 0 saturated carbocycles. The molecule has 1 aliphatic heterocycles. The first-order valence-corrected chi connectivity index (χ1v) is 9.01. The van der Waals surface area contributed by atoms with Crippen LogP contribution < -0.4 is 0 Å². The third-order valence-corrected chi connectivity index (χ3v) is 6.70. The molecule has 1 aliphatic rings. The fourth-order valence-electron chi connectivity index (χ4n) is 2.02. The zero-order chi connectivity index (χ0) is 14.8. The summed E-state index contributed by atoms with van der Waals surface area (Å²) >= 11 is 6.72. The van der Waals surface area contributed by atoms with E-state index in [9.17, 15) is 8.42 Å². The Balaban J connectivity index is 1.93. The summed E-state index contributed by atoms with van der Waals surface area (Å²) in [4.78, 5) is 8.21. The largest absolute Gasteiger partial charge is 0.308 e. The number of aromatic nitrogens is 1. The highest BCUT2D eigenvalue weighted by molar-refractivity contribution is 7.91. The Morgan fingerprint density at radius 3 is 2.50 bits per heavy atom. The molecule has 20 heavy (non-hydrogen) atoms. The molecular formula is C11H19ClN4O2S2. The summed E-state index contributed by atoms with van der Waals surface area (Å²) in [7, 11) is 0.644. The number of sulfonamides is 1. The number of hydrogen-bond donors (Lipinski definition) is 0. The molecule has 0 N–H and O–H groups in total. The second-order valence-electron chi connectivity index (χ2n) is 4.98. The van der Waals surface area contributed by atoms with Crippen molar-refractivity contribution in [1.82, 2.24) is 19.1 Å². The summed E-state index contributed by atoms with van der Waals surface area (Å²) in [5, 5.41) is 0. The lowest BCUT2D eigenvalue weighted by Crippen LogP contribution is -2.49. The zero-order valence-corrected chi connectivity index (χ0v) is 14.0. The number of halogens is 1. The highest BCUT2D eigenvalue weighted by atomic mass is 35.5. The lowest BCUT2D eigenvalue weighted by Gasteiger charge is -2.34. The van der Waals surface area contributed by atoms with Crippen LogP contribution in [0, 0.1) is 0 Å². The summed E-state index contributed by atoms with van der Waals surface area (Å²) < 4.78 is 26.8. The molecule has 0 bridgehead atoms. The van der Waals surface area contributed by atoms with E-state index in [0.717, 1.165) is 37.5 Å². The van der Waals surface area contributed by atoms with Gasteiger partial charge in [-0.1, -0.05) is 22.9 Å². The van der Waals surface area contributed by atoms with Crippen molar-refractivity contribution in [3.05, 3.63) is 10.7 Å². The molecule has 1 fully saturated rings. The van der Waals surface area contributed by atoms with Crippen LogP contribution in [0.5, 0.6) is 0 Å². The third-order valence-electron chi connectivity index (χ3n) is 3.25. The van der Waals surface area contributed by atoms with Gasteiger partial charge in [-0.25, -0.2) is 13.4 Å². The van der Waals surface area contributed by atoms with Gasteiger partial charge in [0.05, 0.1) is 6.20 Å². The Labute approximate surface area is 129 Å². The van der Waals surface area contributed by atoms with E-state index in [4.69, 9.17) is 11.6 Å². The molecule has 0 radical (unpaired) electrons. The Hall–Kier alpha value is -0.250. The first-order chi connectivity index (χ1) is 9.39. The lowest BCUT2D eigenvalue weighted by molar-refractivity contribution is 0.175. The third kappa shape index (κ3) is 3.90. The minimum absolute atomic E-state index is 0.226. The second-order valence-corrected chi connectivity index (χ2v) is 8.76. The number of thiazole rings is 1. The normalized spacial score (nSPS) is 18.8. The Morgan fingerprint density at radius 2 is 2.00 bits per heavy atom. The van der Waals surface area contributed by atoms with Gasteiger partial charge in [-0.15, -0.1) is 0 Å². The van der Waals surface area contributed by atoms with Crippen molar-refractivity contribution < 1.29 is 8.42 Å². The van der Waals surface area contributed by atoms with Gasteiger partial charge in [0, 0.05) is 39.3 Å². The van der Waals surface area contributed by atoms with Crippen LogP contribution in [0.4, 0.5) is 0 Å². The predicted molar refractivity (Wildman–Crippen MR) is 80.9 cm³/mol. The Bertz CT molecular complexity index is 538. The molecule has 1 aromatic heterocycles. The van der Waals surface area contributed by atoms with Crippen molar-refractivity contribution in [3.8, 4) is 0 Å². The molecule has 0 amide bonds.